The Morgan fingerprint density at radius 3 is 2.11 bits per heavy atom. The van der Waals surface area contributed by atoms with Crippen LogP contribution < -0.4 is 0 Å². The molecule has 18 heavy (non-hydrogen) atoms. The SMILES string of the molecule is CN(CC(C)(C)C)C(=O)C1CCCCC1C(=O)O. The largest absolute Gasteiger partial charge is 0.481 e. The van der Waals surface area contributed by atoms with Crippen molar-refractivity contribution in [3.63, 3.8) is 0 Å². The predicted molar refractivity (Wildman–Crippen MR) is 70.2 cm³/mol. The molecule has 0 aromatic carbocycles. The number of carbonyl (C=O) groups is 2. The molecule has 2 atom stereocenters. The summed E-state index contributed by atoms with van der Waals surface area (Å²) in [7, 11) is 1.78. The maximum absolute atomic E-state index is 12.4. The Kier molecular flexibility index (Phi) is 4.77. The fraction of sp³-hybridized carbons (Fsp3) is 0.857. The molecule has 2 unspecified atom stereocenters. The van der Waals surface area contributed by atoms with Crippen LogP contribution in [-0.2, 0) is 9.59 Å². The minimum absolute atomic E-state index is 0.00275. The normalized spacial score (nSPS) is 24.7. The van der Waals surface area contributed by atoms with E-state index in [9.17, 15) is 14.7 Å². The van der Waals surface area contributed by atoms with E-state index in [0.717, 1.165) is 12.8 Å². The summed E-state index contributed by atoms with van der Waals surface area (Å²) < 4.78 is 0. The van der Waals surface area contributed by atoms with Gasteiger partial charge in [-0.15, -0.1) is 0 Å². The van der Waals surface area contributed by atoms with Gasteiger partial charge in [0.05, 0.1) is 11.8 Å². The smallest absolute Gasteiger partial charge is 0.307 e. The maximum Gasteiger partial charge on any atom is 0.307 e. The van der Waals surface area contributed by atoms with E-state index in [0.29, 0.717) is 19.4 Å². The lowest BCUT2D eigenvalue weighted by Crippen LogP contribution is -2.43. The van der Waals surface area contributed by atoms with Gasteiger partial charge in [-0.3, -0.25) is 9.59 Å². The first-order valence-corrected chi connectivity index (χ1v) is 6.70. The summed E-state index contributed by atoms with van der Waals surface area (Å²) in [5.74, 6) is -1.65. The molecule has 0 heterocycles. The summed E-state index contributed by atoms with van der Waals surface area (Å²) >= 11 is 0. The summed E-state index contributed by atoms with van der Waals surface area (Å²) in [4.78, 5) is 25.3. The quantitative estimate of drug-likeness (QED) is 0.842. The molecule has 104 valence electrons. The van der Waals surface area contributed by atoms with Crippen molar-refractivity contribution < 1.29 is 14.7 Å². The molecular formula is C14H25NO3. The molecule has 0 aromatic rings. The van der Waals surface area contributed by atoms with Crippen LogP contribution in [0.25, 0.3) is 0 Å². The first-order valence-electron chi connectivity index (χ1n) is 6.70. The third-order valence-electron chi connectivity index (χ3n) is 3.49. The van der Waals surface area contributed by atoms with E-state index in [1.165, 1.54) is 0 Å². The van der Waals surface area contributed by atoms with Crippen molar-refractivity contribution in [3.05, 3.63) is 0 Å². The first kappa shape index (κ1) is 15.0. The van der Waals surface area contributed by atoms with Crippen LogP contribution in [0.5, 0.6) is 0 Å². The van der Waals surface area contributed by atoms with Crippen LogP contribution >= 0.6 is 0 Å². The number of hydrogen-bond donors (Lipinski definition) is 1. The van der Waals surface area contributed by atoms with Crippen molar-refractivity contribution in [2.75, 3.05) is 13.6 Å². The molecule has 1 amide bonds. The van der Waals surface area contributed by atoms with Crippen molar-refractivity contribution in [2.45, 2.75) is 46.5 Å². The van der Waals surface area contributed by atoms with Gasteiger partial charge in [0.25, 0.3) is 0 Å². The van der Waals surface area contributed by atoms with E-state index in [4.69, 9.17) is 0 Å². The summed E-state index contributed by atoms with van der Waals surface area (Å²) in [6.07, 6.45) is 3.23. The molecule has 0 aromatic heterocycles. The molecule has 0 bridgehead atoms. The third-order valence-corrected chi connectivity index (χ3v) is 3.49. The van der Waals surface area contributed by atoms with Gasteiger partial charge in [0.15, 0.2) is 0 Å². The van der Waals surface area contributed by atoms with Crippen molar-refractivity contribution in [2.24, 2.45) is 17.3 Å². The van der Waals surface area contributed by atoms with Crippen LogP contribution in [0.2, 0.25) is 0 Å². The molecule has 0 radical (unpaired) electrons. The second-order valence-corrected chi connectivity index (χ2v) is 6.59. The van der Waals surface area contributed by atoms with Crippen molar-refractivity contribution in [1.82, 2.24) is 4.90 Å². The van der Waals surface area contributed by atoms with E-state index in [1.54, 1.807) is 11.9 Å². The fourth-order valence-corrected chi connectivity index (χ4v) is 2.79. The Morgan fingerprint density at radius 1 is 1.17 bits per heavy atom. The molecule has 1 rings (SSSR count). The molecule has 1 aliphatic carbocycles. The van der Waals surface area contributed by atoms with Crippen LogP contribution in [0.15, 0.2) is 0 Å². The number of rotatable bonds is 3. The Balaban J connectivity index is 2.71. The summed E-state index contributed by atoms with van der Waals surface area (Å²) in [6.45, 7) is 6.89. The average molecular weight is 255 g/mol. The third kappa shape index (κ3) is 4.00. The van der Waals surface area contributed by atoms with Gasteiger partial charge in [-0.05, 0) is 18.3 Å². The molecule has 0 spiro atoms. The highest BCUT2D eigenvalue weighted by molar-refractivity contribution is 5.84. The molecule has 0 aliphatic heterocycles. The number of carboxylic acids is 1. The van der Waals surface area contributed by atoms with Gasteiger partial charge in [-0.25, -0.2) is 0 Å². The van der Waals surface area contributed by atoms with E-state index in [1.807, 2.05) is 0 Å². The second kappa shape index (κ2) is 5.72. The van der Waals surface area contributed by atoms with Crippen LogP contribution in [0.1, 0.15) is 46.5 Å². The van der Waals surface area contributed by atoms with E-state index >= 15 is 0 Å². The van der Waals surface area contributed by atoms with Crippen LogP contribution in [0.3, 0.4) is 0 Å². The second-order valence-electron chi connectivity index (χ2n) is 6.59. The highest BCUT2D eigenvalue weighted by Crippen LogP contribution is 2.32. The molecule has 1 saturated carbocycles. The topological polar surface area (TPSA) is 57.6 Å². The Bertz CT molecular complexity index is 319. The highest BCUT2D eigenvalue weighted by Gasteiger charge is 2.37. The van der Waals surface area contributed by atoms with Crippen molar-refractivity contribution in [1.29, 1.82) is 0 Å². The lowest BCUT2D eigenvalue weighted by Gasteiger charge is -2.33. The fourth-order valence-electron chi connectivity index (χ4n) is 2.79. The van der Waals surface area contributed by atoms with Gasteiger partial charge in [-0.2, -0.15) is 0 Å². The molecule has 1 fully saturated rings. The number of carbonyl (C=O) groups excluding carboxylic acids is 1. The number of aliphatic carboxylic acids is 1. The zero-order valence-corrected chi connectivity index (χ0v) is 11.9. The van der Waals surface area contributed by atoms with E-state index in [2.05, 4.69) is 20.8 Å². The molecule has 0 saturated heterocycles. The van der Waals surface area contributed by atoms with Gasteiger partial charge in [0, 0.05) is 13.6 Å². The monoisotopic (exact) mass is 255 g/mol. The predicted octanol–water partition coefficient (Wildman–Crippen LogP) is 2.38. The van der Waals surface area contributed by atoms with Crippen molar-refractivity contribution in [3.8, 4) is 0 Å². The van der Waals surface area contributed by atoms with Crippen molar-refractivity contribution >= 4 is 11.9 Å². The molecule has 4 nitrogen and oxygen atoms in total. The van der Waals surface area contributed by atoms with Gasteiger partial charge < -0.3 is 10.0 Å². The van der Waals surface area contributed by atoms with E-state index in [-0.39, 0.29) is 17.2 Å². The first-order chi connectivity index (χ1) is 8.22. The molecule has 4 heteroatoms. The van der Waals surface area contributed by atoms with Gasteiger partial charge in [0.2, 0.25) is 5.91 Å². The Hall–Kier alpha value is -1.06. The molecular weight excluding hydrogens is 230 g/mol. The minimum atomic E-state index is -0.822. The summed E-state index contributed by atoms with van der Waals surface area (Å²) in [5.41, 5.74) is 0.0395. The van der Waals surface area contributed by atoms with Crippen LogP contribution in [0.4, 0.5) is 0 Å². The van der Waals surface area contributed by atoms with Gasteiger partial charge >= 0.3 is 5.97 Å². The average Bonchev–Trinajstić information content (AvgIpc) is 2.25. The van der Waals surface area contributed by atoms with Crippen LogP contribution in [-0.4, -0.2) is 35.5 Å². The lowest BCUT2D eigenvalue weighted by atomic mass is 9.78. The zero-order chi connectivity index (χ0) is 13.9. The maximum atomic E-state index is 12.4. The number of carboxylic acid groups (broad SMARTS) is 1. The van der Waals surface area contributed by atoms with Crippen LogP contribution in [0, 0.1) is 17.3 Å². The lowest BCUT2D eigenvalue weighted by molar-refractivity contribution is -0.152. The Labute approximate surface area is 109 Å². The molecule has 1 N–H and O–H groups in total. The highest BCUT2D eigenvalue weighted by atomic mass is 16.4. The number of amides is 1. The Morgan fingerprint density at radius 2 is 1.67 bits per heavy atom. The van der Waals surface area contributed by atoms with Gasteiger partial charge in [-0.1, -0.05) is 33.6 Å². The zero-order valence-electron chi connectivity index (χ0n) is 11.9. The standard InChI is InChI=1S/C14H25NO3/c1-14(2,3)9-15(4)12(16)10-7-5-6-8-11(10)13(17)18/h10-11H,5-9H2,1-4H3,(H,17,18). The summed E-state index contributed by atoms with van der Waals surface area (Å²) in [5, 5.41) is 9.20. The van der Waals surface area contributed by atoms with Gasteiger partial charge in [0.1, 0.15) is 0 Å². The molecule has 1 aliphatic rings. The minimum Gasteiger partial charge on any atom is -0.481 e. The summed E-state index contributed by atoms with van der Waals surface area (Å²) in [6, 6.07) is 0. The number of nitrogens with zero attached hydrogens (tertiary/aromatic N) is 1. The van der Waals surface area contributed by atoms with E-state index < -0.39 is 11.9 Å². The number of hydrogen-bond acceptors (Lipinski definition) is 2.